The molecule has 4 nitrogen and oxygen atoms in total. The molecule has 1 fully saturated rings. The molecule has 0 radical (unpaired) electrons. The standard InChI is InChI=1S/C3H8NO3PS/c1-3-2-7-9(5,6)4(3)8/h3H,2,8H2,1H3/t3-/m1/s1. The first-order valence-electron chi connectivity index (χ1n) is 2.47. The fourth-order valence-corrected chi connectivity index (χ4v) is 1.80. The first-order valence-corrected chi connectivity index (χ1v) is 4.35. The van der Waals surface area contributed by atoms with E-state index in [0.29, 0.717) is 0 Å². The molecule has 1 saturated heterocycles. The van der Waals surface area contributed by atoms with Crippen LogP contribution in [0.4, 0.5) is 0 Å². The van der Waals surface area contributed by atoms with E-state index in [2.05, 4.69) is 13.6 Å². The highest BCUT2D eigenvalue weighted by atomic mass is 32.2. The Labute approximate surface area is 56.7 Å². The minimum atomic E-state index is -3.38. The van der Waals surface area contributed by atoms with Gasteiger partial charge in [0.05, 0.1) is 12.6 Å². The van der Waals surface area contributed by atoms with Gasteiger partial charge in [0, 0.05) is 0 Å². The van der Waals surface area contributed by atoms with E-state index in [-0.39, 0.29) is 12.6 Å². The van der Waals surface area contributed by atoms with Gasteiger partial charge in [0.2, 0.25) is 0 Å². The van der Waals surface area contributed by atoms with Gasteiger partial charge in [0.25, 0.3) is 0 Å². The molecular weight excluding hydrogens is 161 g/mol. The molecule has 0 aromatic heterocycles. The van der Waals surface area contributed by atoms with Crippen LogP contribution in [0.1, 0.15) is 6.92 Å². The van der Waals surface area contributed by atoms with Crippen molar-refractivity contribution in [3.05, 3.63) is 0 Å². The van der Waals surface area contributed by atoms with E-state index in [0.717, 1.165) is 4.08 Å². The zero-order chi connectivity index (χ0) is 7.07. The quantitative estimate of drug-likeness (QED) is 0.469. The molecule has 9 heavy (non-hydrogen) atoms. The van der Waals surface area contributed by atoms with Gasteiger partial charge in [-0.2, -0.15) is 12.5 Å². The molecule has 2 atom stereocenters. The van der Waals surface area contributed by atoms with Gasteiger partial charge in [-0.3, -0.25) is 4.18 Å². The second kappa shape index (κ2) is 2.16. The third-order valence-corrected chi connectivity index (χ3v) is 3.74. The van der Waals surface area contributed by atoms with Crippen molar-refractivity contribution in [1.82, 2.24) is 4.08 Å². The highest BCUT2D eigenvalue weighted by molar-refractivity contribution is 7.87. The Morgan fingerprint density at radius 3 is 2.44 bits per heavy atom. The van der Waals surface area contributed by atoms with Crippen molar-refractivity contribution in [3.63, 3.8) is 0 Å². The lowest BCUT2D eigenvalue weighted by Gasteiger charge is -2.07. The summed E-state index contributed by atoms with van der Waals surface area (Å²) in [4.78, 5) is 0. The van der Waals surface area contributed by atoms with Crippen molar-refractivity contribution in [2.24, 2.45) is 0 Å². The molecule has 0 bridgehead atoms. The number of hydrogen-bond donors (Lipinski definition) is 0. The smallest absolute Gasteiger partial charge is 0.256 e. The van der Waals surface area contributed by atoms with Gasteiger partial charge in [-0.25, -0.2) is 0 Å². The Bertz CT molecular complexity index is 201. The summed E-state index contributed by atoms with van der Waals surface area (Å²) in [5, 5.41) is 0. The summed E-state index contributed by atoms with van der Waals surface area (Å²) >= 11 is 0. The van der Waals surface area contributed by atoms with Crippen LogP contribution >= 0.6 is 9.39 Å². The number of nitrogens with zero attached hydrogens (tertiary/aromatic N) is 1. The molecule has 1 heterocycles. The van der Waals surface area contributed by atoms with Gasteiger partial charge in [0.1, 0.15) is 0 Å². The van der Waals surface area contributed by atoms with E-state index in [4.69, 9.17) is 0 Å². The zero-order valence-electron chi connectivity index (χ0n) is 4.94. The first-order chi connectivity index (χ1) is 4.04. The fourth-order valence-electron chi connectivity index (χ4n) is 0.539. The molecule has 1 aliphatic heterocycles. The third kappa shape index (κ3) is 1.24. The lowest BCUT2D eigenvalue weighted by atomic mass is 10.4. The Morgan fingerprint density at radius 1 is 1.78 bits per heavy atom. The van der Waals surface area contributed by atoms with E-state index < -0.39 is 10.3 Å². The largest absolute Gasteiger partial charge is 0.341 e. The van der Waals surface area contributed by atoms with Crippen molar-refractivity contribution in [3.8, 4) is 0 Å². The van der Waals surface area contributed by atoms with Crippen LogP contribution in [0.15, 0.2) is 0 Å². The summed E-state index contributed by atoms with van der Waals surface area (Å²) in [7, 11) is -1.28. The average molecular weight is 169 g/mol. The lowest BCUT2D eigenvalue weighted by Crippen LogP contribution is -2.20. The molecule has 1 rings (SSSR count). The van der Waals surface area contributed by atoms with E-state index in [1.165, 1.54) is 0 Å². The maximum atomic E-state index is 10.7. The monoisotopic (exact) mass is 169 g/mol. The summed E-state index contributed by atoms with van der Waals surface area (Å²) in [5.74, 6) is 0. The van der Waals surface area contributed by atoms with Crippen LogP contribution in [-0.4, -0.2) is 25.1 Å². The topological polar surface area (TPSA) is 46.6 Å². The molecule has 1 aliphatic rings. The van der Waals surface area contributed by atoms with Crippen molar-refractivity contribution < 1.29 is 12.6 Å². The minimum Gasteiger partial charge on any atom is -0.256 e. The van der Waals surface area contributed by atoms with E-state index >= 15 is 0 Å². The average Bonchev–Trinajstić information content (AvgIpc) is 1.97. The van der Waals surface area contributed by atoms with Crippen LogP contribution in [0.2, 0.25) is 0 Å². The van der Waals surface area contributed by atoms with Gasteiger partial charge in [-0.1, -0.05) is 0 Å². The van der Waals surface area contributed by atoms with Crippen molar-refractivity contribution >= 4 is 19.7 Å². The number of rotatable bonds is 0. The molecule has 0 aliphatic carbocycles. The normalized spacial score (nSPS) is 35.1. The van der Waals surface area contributed by atoms with Gasteiger partial charge in [-0.05, 0) is 16.3 Å². The van der Waals surface area contributed by atoms with Gasteiger partial charge in [0.15, 0.2) is 0 Å². The molecule has 0 spiro atoms. The third-order valence-electron chi connectivity index (χ3n) is 1.15. The first kappa shape index (κ1) is 7.41. The SMILES string of the molecule is C[C@@H]1COS(=O)(=O)N1P. The molecule has 0 aromatic rings. The highest BCUT2D eigenvalue weighted by Crippen LogP contribution is 2.21. The molecule has 0 N–H and O–H groups in total. The van der Waals surface area contributed by atoms with Crippen LogP contribution in [0.25, 0.3) is 0 Å². The predicted molar refractivity (Wildman–Crippen MR) is 35.9 cm³/mol. The molecule has 6 heteroatoms. The van der Waals surface area contributed by atoms with Crippen molar-refractivity contribution in [2.45, 2.75) is 13.0 Å². The van der Waals surface area contributed by atoms with Crippen LogP contribution in [0.5, 0.6) is 0 Å². The van der Waals surface area contributed by atoms with E-state index in [9.17, 15) is 8.42 Å². The maximum absolute atomic E-state index is 10.7. The predicted octanol–water partition coefficient (Wildman–Crippen LogP) is -0.258. The molecule has 0 amide bonds. The van der Waals surface area contributed by atoms with Gasteiger partial charge in [-0.15, -0.1) is 0 Å². The number of hydrogen-bond acceptors (Lipinski definition) is 3. The molecular formula is C3H8NO3PS. The Kier molecular flexibility index (Phi) is 1.78. The molecule has 0 aromatic carbocycles. The van der Waals surface area contributed by atoms with Crippen LogP contribution < -0.4 is 0 Å². The fraction of sp³-hybridized carbons (Fsp3) is 1.00. The van der Waals surface area contributed by atoms with E-state index in [1.54, 1.807) is 6.92 Å². The van der Waals surface area contributed by atoms with Crippen molar-refractivity contribution in [1.29, 1.82) is 0 Å². The molecule has 54 valence electrons. The lowest BCUT2D eigenvalue weighted by molar-refractivity contribution is 0.340. The highest BCUT2D eigenvalue weighted by Gasteiger charge is 2.32. The van der Waals surface area contributed by atoms with Crippen LogP contribution in [0.3, 0.4) is 0 Å². The Morgan fingerprint density at radius 2 is 2.33 bits per heavy atom. The van der Waals surface area contributed by atoms with E-state index in [1.807, 2.05) is 0 Å². The van der Waals surface area contributed by atoms with Gasteiger partial charge >= 0.3 is 10.3 Å². The molecule has 1 unspecified atom stereocenters. The Balaban J connectivity index is 2.87. The van der Waals surface area contributed by atoms with Crippen molar-refractivity contribution in [2.75, 3.05) is 6.61 Å². The summed E-state index contributed by atoms with van der Waals surface area (Å²) in [5.41, 5.74) is 0. The summed E-state index contributed by atoms with van der Waals surface area (Å²) in [6.07, 6.45) is 0. The summed E-state index contributed by atoms with van der Waals surface area (Å²) in [6, 6.07) is -0.0556. The summed E-state index contributed by atoms with van der Waals surface area (Å²) in [6.45, 7) is 2.03. The van der Waals surface area contributed by atoms with Crippen LogP contribution in [-0.2, 0) is 14.5 Å². The minimum absolute atomic E-state index is 0.0556. The molecule has 0 saturated carbocycles. The second-order valence-corrected chi connectivity index (χ2v) is 4.36. The second-order valence-electron chi connectivity index (χ2n) is 1.92. The van der Waals surface area contributed by atoms with Gasteiger partial charge < -0.3 is 0 Å². The Hall–Kier alpha value is 0.300. The summed E-state index contributed by atoms with van der Waals surface area (Å²) < 4.78 is 26.9. The maximum Gasteiger partial charge on any atom is 0.341 e. The van der Waals surface area contributed by atoms with Crippen LogP contribution in [0, 0.1) is 0 Å². The zero-order valence-corrected chi connectivity index (χ0v) is 6.91.